The molecule has 0 amide bonds. The second-order valence-corrected chi connectivity index (χ2v) is 4.85. The molecule has 84 valence electrons. The molecule has 0 atom stereocenters. The number of aromatic nitrogens is 2. The Morgan fingerprint density at radius 3 is 2.82 bits per heavy atom. The number of hydrogen-bond acceptors (Lipinski definition) is 4. The third kappa shape index (κ3) is 1.66. The summed E-state index contributed by atoms with van der Waals surface area (Å²) in [6.45, 7) is 1.95. The summed E-state index contributed by atoms with van der Waals surface area (Å²) < 4.78 is 1.26. The molecule has 0 saturated carbocycles. The molecule has 0 unspecified atom stereocenters. The molecule has 0 aliphatic carbocycles. The van der Waals surface area contributed by atoms with E-state index in [9.17, 15) is 0 Å². The lowest BCUT2D eigenvalue weighted by Gasteiger charge is -2.01. The van der Waals surface area contributed by atoms with Gasteiger partial charge in [-0.15, -0.1) is 21.5 Å². The molecular weight excluding hydrogens is 230 g/mol. The highest BCUT2D eigenvalue weighted by atomic mass is 32.1. The lowest BCUT2D eigenvalue weighted by Crippen LogP contribution is -1.97. The van der Waals surface area contributed by atoms with Gasteiger partial charge in [-0.3, -0.25) is 0 Å². The predicted octanol–water partition coefficient (Wildman–Crippen LogP) is 3.25. The van der Waals surface area contributed by atoms with E-state index < -0.39 is 0 Å². The number of benzene rings is 1. The SMILES string of the molecule is Cc1cc(-c2csc3ccccc23)nnc1N. The third-order valence-corrected chi connectivity index (χ3v) is 3.74. The summed E-state index contributed by atoms with van der Waals surface area (Å²) in [7, 11) is 0. The lowest BCUT2D eigenvalue weighted by atomic mass is 10.1. The molecule has 0 spiro atoms. The summed E-state index contributed by atoms with van der Waals surface area (Å²) in [5.74, 6) is 0.494. The van der Waals surface area contributed by atoms with Gasteiger partial charge in [0.25, 0.3) is 0 Å². The fraction of sp³-hybridized carbons (Fsp3) is 0.0769. The number of fused-ring (bicyclic) bond motifs is 1. The second-order valence-electron chi connectivity index (χ2n) is 3.94. The molecule has 0 fully saturated rings. The highest BCUT2D eigenvalue weighted by Gasteiger charge is 2.08. The molecule has 0 radical (unpaired) electrons. The first-order chi connectivity index (χ1) is 8.25. The molecule has 17 heavy (non-hydrogen) atoms. The third-order valence-electron chi connectivity index (χ3n) is 2.78. The van der Waals surface area contributed by atoms with Crippen LogP contribution in [-0.2, 0) is 0 Å². The van der Waals surface area contributed by atoms with Crippen LogP contribution < -0.4 is 5.73 Å². The standard InChI is InChI=1S/C13H11N3S/c1-8-6-11(15-16-13(8)14)10-7-17-12-5-3-2-4-9(10)12/h2-7H,1H3,(H2,14,16). The highest BCUT2D eigenvalue weighted by Crippen LogP contribution is 2.32. The summed E-state index contributed by atoms with van der Waals surface area (Å²) in [6.07, 6.45) is 0. The van der Waals surface area contributed by atoms with Crippen LogP contribution in [0.25, 0.3) is 21.3 Å². The number of rotatable bonds is 1. The zero-order chi connectivity index (χ0) is 11.8. The van der Waals surface area contributed by atoms with Crippen molar-refractivity contribution in [2.45, 2.75) is 6.92 Å². The molecule has 0 aliphatic heterocycles. The topological polar surface area (TPSA) is 51.8 Å². The number of hydrogen-bond donors (Lipinski definition) is 1. The summed E-state index contributed by atoms with van der Waals surface area (Å²) in [5.41, 5.74) is 8.66. The van der Waals surface area contributed by atoms with Crippen molar-refractivity contribution in [2.24, 2.45) is 0 Å². The highest BCUT2D eigenvalue weighted by molar-refractivity contribution is 7.17. The largest absolute Gasteiger partial charge is 0.382 e. The first-order valence-corrected chi connectivity index (χ1v) is 6.20. The second kappa shape index (κ2) is 3.82. The first-order valence-electron chi connectivity index (χ1n) is 5.32. The van der Waals surface area contributed by atoms with E-state index in [-0.39, 0.29) is 0 Å². The van der Waals surface area contributed by atoms with E-state index in [1.807, 2.05) is 25.1 Å². The van der Waals surface area contributed by atoms with Crippen molar-refractivity contribution in [2.75, 3.05) is 5.73 Å². The molecule has 0 saturated heterocycles. The van der Waals surface area contributed by atoms with Crippen molar-refractivity contribution in [3.63, 3.8) is 0 Å². The van der Waals surface area contributed by atoms with Gasteiger partial charge in [0.2, 0.25) is 0 Å². The molecule has 2 heterocycles. The molecule has 0 aliphatic rings. The number of aryl methyl sites for hydroxylation is 1. The maximum atomic E-state index is 5.68. The summed E-state index contributed by atoms with van der Waals surface area (Å²) in [6, 6.07) is 10.3. The Balaban J connectivity index is 2.24. The van der Waals surface area contributed by atoms with Crippen molar-refractivity contribution >= 4 is 27.2 Å². The quantitative estimate of drug-likeness (QED) is 0.711. The van der Waals surface area contributed by atoms with Crippen LogP contribution in [0.5, 0.6) is 0 Å². The Hall–Kier alpha value is -1.94. The van der Waals surface area contributed by atoms with Gasteiger partial charge in [-0.1, -0.05) is 18.2 Å². The van der Waals surface area contributed by atoms with Crippen LogP contribution >= 0.6 is 11.3 Å². The number of anilines is 1. The molecule has 2 N–H and O–H groups in total. The zero-order valence-corrected chi connectivity index (χ0v) is 10.2. The van der Waals surface area contributed by atoms with Crippen LogP contribution in [0.1, 0.15) is 5.56 Å². The van der Waals surface area contributed by atoms with Crippen molar-refractivity contribution in [3.8, 4) is 11.3 Å². The molecule has 1 aromatic carbocycles. The van der Waals surface area contributed by atoms with Crippen LogP contribution in [0.2, 0.25) is 0 Å². The van der Waals surface area contributed by atoms with Crippen LogP contribution in [0.15, 0.2) is 35.7 Å². The van der Waals surface area contributed by atoms with Gasteiger partial charge in [-0.2, -0.15) is 0 Å². The van der Waals surface area contributed by atoms with Crippen LogP contribution in [0, 0.1) is 6.92 Å². The Morgan fingerprint density at radius 1 is 1.18 bits per heavy atom. The average molecular weight is 241 g/mol. The van der Waals surface area contributed by atoms with E-state index in [4.69, 9.17) is 5.73 Å². The van der Waals surface area contributed by atoms with Gasteiger partial charge in [-0.25, -0.2) is 0 Å². The molecule has 0 bridgehead atoms. The maximum Gasteiger partial charge on any atom is 0.149 e. The molecular formula is C13H11N3S. The molecule has 3 rings (SSSR count). The molecule has 4 heteroatoms. The van der Waals surface area contributed by atoms with Crippen molar-refractivity contribution in [3.05, 3.63) is 41.3 Å². The molecule has 3 aromatic rings. The number of nitrogens with zero attached hydrogens (tertiary/aromatic N) is 2. The van der Waals surface area contributed by atoms with E-state index in [0.717, 1.165) is 16.8 Å². The van der Waals surface area contributed by atoms with Crippen LogP contribution in [-0.4, -0.2) is 10.2 Å². The van der Waals surface area contributed by atoms with Crippen molar-refractivity contribution in [1.82, 2.24) is 10.2 Å². The minimum Gasteiger partial charge on any atom is -0.382 e. The van der Waals surface area contributed by atoms with Gasteiger partial charge in [-0.05, 0) is 24.6 Å². The summed E-state index contributed by atoms with van der Waals surface area (Å²) in [4.78, 5) is 0. The minimum absolute atomic E-state index is 0.494. The Bertz CT molecular complexity index is 688. The van der Waals surface area contributed by atoms with Crippen LogP contribution in [0.4, 0.5) is 5.82 Å². The van der Waals surface area contributed by atoms with Gasteiger partial charge in [0.05, 0.1) is 5.69 Å². The van der Waals surface area contributed by atoms with E-state index in [1.165, 1.54) is 10.1 Å². The van der Waals surface area contributed by atoms with Crippen molar-refractivity contribution in [1.29, 1.82) is 0 Å². The van der Waals surface area contributed by atoms with Gasteiger partial charge < -0.3 is 5.73 Å². The normalized spacial score (nSPS) is 10.9. The fourth-order valence-electron chi connectivity index (χ4n) is 1.80. The van der Waals surface area contributed by atoms with Gasteiger partial charge in [0.15, 0.2) is 0 Å². The predicted molar refractivity (Wildman–Crippen MR) is 72.0 cm³/mol. The van der Waals surface area contributed by atoms with Gasteiger partial charge in [0.1, 0.15) is 5.82 Å². The fourth-order valence-corrected chi connectivity index (χ4v) is 2.76. The average Bonchev–Trinajstić information content (AvgIpc) is 2.76. The first kappa shape index (κ1) is 10.2. The maximum absolute atomic E-state index is 5.68. The molecule has 3 nitrogen and oxygen atoms in total. The lowest BCUT2D eigenvalue weighted by molar-refractivity contribution is 1.04. The van der Waals surface area contributed by atoms with E-state index in [1.54, 1.807) is 11.3 Å². The van der Waals surface area contributed by atoms with E-state index in [0.29, 0.717) is 5.82 Å². The molecule has 2 aromatic heterocycles. The number of thiophene rings is 1. The van der Waals surface area contributed by atoms with Gasteiger partial charge in [0, 0.05) is 21.0 Å². The number of nitrogen functional groups attached to an aromatic ring is 1. The Morgan fingerprint density at radius 2 is 2.00 bits per heavy atom. The van der Waals surface area contributed by atoms with Gasteiger partial charge >= 0.3 is 0 Å². The summed E-state index contributed by atoms with van der Waals surface area (Å²) >= 11 is 1.72. The van der Waals surface area contributed by atoms with Crippen LogP contribution in [0.3, 0.4) is 0 Å². The van der Waals surface area contributed by atoms with E-state index in [2.05, 4.69) is 27.7 Å². The monoisotopic (exact) mass is 241 g/mol. The zero-order valence-electron chi connectivity index (χ0n) is 9.34. The van der Waals surface area contributed by atoms with E-state index >= 15 is 0 Å². The number of nitrogens with two attached hydrogens (primary N) is 1. The van der Waals surface area contributed by atoms with Crippen molar-refractivity contribution < 1.29 is 0 Å². The minimum atomic E-state index is 0.494. The Kier molecular flexibility index (Phi) is 2.30. The smallest absolute Gasteiger partial charge is 0.149 e. The Labute approximate surface area is 103 Å². The summed E-state index contributed by atoms with van der Waals surface area (Å²) in [5, 5.41) is 11.5.